The molecule has 0 bridgehead atoms. The van der Waals surface area contributed by atoms with Gasteiger partial charge in [-0.3, -0.25) is 0 Å². The SMILES string of the molecule is CC1(C)CCC(Oc2ccc(C#N)cc2Cl)CC1. The highest BCUT2D eigenvalue weighted by molar-refractivity contribution is 6.32. The van der Waals surface area contributed by atoms with Crippen molar-refractivity contribution < 1.29 is 4.74 Å². The number of nitriles is 1. The van der Waals surface area contributed by atoms with E-state index in [0.717, 1.165) is 12.8 Å². The average Bonchev–Trinajstić information content (AvgIpc) is 2.34. The van der Waals surface area contributed by atoms with Gasteiger partial charge in [0, 0.05) is 0 Å². The van der Waals surface area contributed by atoms with E-state index in [-0.39, 0.29) is 6.10 Å². The lowest BCUT2D eigenvalue weighted by molar-refractivity contribution is 0.0988. The maximum atomic E-state index is 8.78. The number of hydrogen-bond acceptors (Lipinski definition) is 2. The van der Waals surface area contributed by atoms with E-state index in [4.69, 9.17) is 21.6 Å². The van der Waals surface area contributed by atoms with Gasteiger partial charge in [-0.25, -0.2) is 0 Å². The van der Waals surface area contributed by atoms with Gasteiger partial charge in [-0.2, -0.15) is 5.26 Å². The lowest BCUT2D eigenvalue weighted by Crippen LogP contribution is -2.28. The van der Waals surface area contributed by atoms with E-state index in [0.29, 0.717) is 21.8 Å². The van der Waals surface area contributed by atoms with E-state index < -0.39 is 0 Å². The lowest BCUT2D eigenvalue weighted by Gasteiger charge is -2.34. The zero-order chi connectivity index (χ0) is 13.2. The summed E-state index contributed by atoms with van der Waals surface area (Å²) in [4.78, 5) is 0. The number of ether oxygens (including phenoxy) is 1. The smallest absolute Gasteiger partial charge is 0.138 e. The van der Waals surface area contributed by atoms with Crippen LogP contribution < -0.4 is 4.74 Å². The second-order valence-electron chi connectivity index (χ2n) is 5.74. The normalized spacial score (nSPS) is 19.2. The maximum Gasteiger partial charge on any atom is 0.138 e. The second kappa shape index (κ2) is 5.20. The topological polar surface area (TPSA) is 33.0 Å². The summed E-state index contributed by atoms with van der Waals surface area (Å²) in [6.07, 6.45) is 4.77. The first-order valence-corrected chi connectivity index (χ1v) is 6.74. The summed E-state index contributed by atoms with van der Waals surface area (Å²) in [7, 11) is 0. The molecule has 0 spiro atoms. The Kier molecular flexibility index (Phi) is 3.82. The molecule has 1 saturated carbocycles. The van der Waals surface area contributed by atoms with Crippen molar-refractivity contribution in [3.8, 4) is 11.8 Å². The molecule has 3 heteroatoms. The molecule has 1 aliphatic carbocycles. The number of nitrogens with zero attached hydrogens (tertiary/aromatic N) is 1. The molecule has 0 radical (unpaired) electrons. The van der Waals surface area contributed by atoms with Gasteiger partial charge in [-0.05, 0) is 49.3 Å². The summed E-state index contributed by atoms with van der Waals surface area (Å²) in [6, 6.07) is 7.26. The molecule has 0 aromatic heterocycles. The molecule has 0 amide bonds. The van der Waals surface area contributed by atoms with Crippen molar-refractivity contribution in [2.24, 2.45) is 5.41 Å². The molecule has 0 aliphatic heterocycles. The minimum absolute atomic E-state index is 0.253. The third-order valence-electron chi connectivity index (χ3n) is 3.64. The fourth-order valence-electron chi connectivity index (χ4n) is 2.34. The van der Waals surface area contributed by atoms with Gasteiger partial charge in [0.25, 0.3) is 0 Å². The molecule has 1 aliphatic rings. The Morgan fingerprint density at radius 1 is 1.33 bits per heavy atom. The number of halogens is 1. The van der Waals surface area contributed by atoms with Crippen LogP contribution in [0, 0.1) is 16.7 Å². The molecule has 0 N–H and O–H groups in total. The van der Waals surface area contributed by atoms with E-state index in [1.165, 1.54) is 12.8 Å². The van der Waals surface area contributed by atoms with Crippen LogP contribution in [0.3, 0.4) is 0 Å². The highest BCUT2D eigenvalue weighted by Crippen LogP contribution is 2.37. The maximum absolute atomic E-state index is 8.78. The molecular weight excluding hydrogens is 246 g/mol. The molecule has 0 unspecified atom stereocenters. The van der Waals surface area contributed by atoms with E-state index in [1.54, 1.807) is 18.2 Å². The van der Waals surface area contributed by atoms with Gasteiger partial charge in [0.1, 0.15) is 5.75 Å². The Morgan fingerprint density at radius 2 is 2.00 bits per heavy atom. The van der Waals surface area contributed by atoms with Crippen LogP contribution in [0.1, 0.15) is 45.1 Å². The Labute approximate surface area is 114 Å². The van der Waals surface area contributed by atoms with Gasteiger partial charge in [0.2, 0.25) is 0 Å². The summed E-state index contributed by atoms with van der Waals surface area (Å²) in [5, 5.41) is 9.31. The Hall–Kier alpha value is -1.20. The summed E-state index contributed by atoms with van der Waals surface area (Å²) in [5.74, 6) is 0.695. The van der Waals surface area contributed by atoms with Crippen molar-refractivity contribution in [3.63, 3.8) is 0 Å². The van der Waals surface area contributed by atoms with Crippen molar-refractivity contribution in [1.29, 1.82) is 5.26 Å². The van der Waals surface area contributed by atoms with E-state index in [1.807, 2.05) is 0 Å². The zero-order valence-corrected chi connectivity index (χ0v) is 11.6. The minimum Gasteiger partial charge on any atom is -0.489 e. The Morgan fingerprint density at radius 3 is 2.56 bits per heavy atom. The molecule has 2 nitrogen and oxygen atoms in total. The summed E-state index contributed by atoms with van der Waals surface area (Å²) >= 11 is 6.11. The molecule has 96 valence electrons. The van der Waals surface area contributed by atoms with Crippen LogP contribution >= 0.6 is 11.6 Å². The lowest BCUT2D eigenvalue weighted by atomic mass is 9.76. The first kappa shape index (κ1) is 13.2. The third kappa shape index (κ3) is 3.17. The van der Waals surface area contributed by atoms with Gasteiger partial charge >= 0.3 is 0 Å². The number of rotatable bonds is 2. The highest BCUT2D eigenvalue weighted by atomic mass is 35.5. The molecule has 0 saturated heterocycles. The van der Waals surface area contributed by atoms with Crippen LogP contribution in [0.5, 0.6) is 5.75 Å². The van der Waals surface area contributed by atoms with Gasteiger partial charge in [-0.1, -0.05) is 25.4 Å². The fraction of sp³-hybridized carbons (Fsp3) is 0.533. The van der Waals surface area contributed by atoms with E-state index in [9.17, 15) is 0 Å². The highest BCUT2D eigenvalue weighted by Gasteiger charge is 2.28. The van der Waals surface area contributed by atoms with E-state index in [2.05, 4.69) is 19.9 Å². The first-order valence-electron chi connectivity index (χ1n) is 6.36. The molecular formula is C15H18ClNO. The van der Waals surface area contributed by atoms with Gasteiger partial charge in [0.05, 0.1) is 22.8 Å². The number of benzene rings is 1. The second-order valence-corrected chi connectivity index (χ2v) is 6.15. The molecule has 1 aromatic rings. The molecule has 0 atom stereocenters. The zero-order valence-electron chi connectivity index (χ0n) is 10.9. The molecule has 1 aromatic carbocycles. The molecule has 1 fully saturated rings. The van der Waals surface area contributed by atoms with Crippen molar-refractivity contribution >= 4 is 11.6 Å². The van der Waals surface area contributed by atoms with Crippen molar-refractivity contribution in [3.05, 3.63) is 28.8 Å². The quantitative estimate of drug-likeness (QED) is 0.784. The van der Waals surface area contributed by atoms with Gasteiger partial charge < -0.3 is 4.74 Å². The van der Waals surface area contributed by atoms with E-state index >= 15 is 0 Å². The van der Waals surface area contributed by atoms with Gasteiger partial charge in [0.15, 0.2) is 0 Å². The van der Waals surface area contributed by atoms with Crippen LogP contribution in [0.25, 0.3) is 0 Å². The fourth-order valence-corrected chi connectivity index (χ4v) is 2.56. The predicted molar refractivity (Wildman–Crippen MR) is 72.8 cm³/mol. The summed E-state index contributed by atoms with van der Waals surface area (Å²) < 4.78 is 5.94. The van der Waals surface area contributed by atoms with Crippen LogP contribution in [0.2, 0.25) is 5.02 Å². The first-order chi connectivity index (χ1) is 8.50. The standard InChI is InChI=1S/C15H18ClNO/c1-15(2)7-5-12(6-8-15)18-14-4-3-11(10-17)9-13(14)16/h3-4,9,12H,5-8H2,1-2H3. The molecule has 18 heavy (non-hydrogen) atoms. The Bertz CT molecular complexity index is 466. The molecule has 2 rings (SSSR count). The summed E-state index contributed by atoms with van der Waals surface area (Å²) in [6.45, 7) is 4.61. The van der Waals surface area contributed by atoms with Crippen LogP contribution in [0.15, 0.2) is 18.2 Å². The van der Waals surface area contributed by atoms with Crippen LogP contribution in [0.4, 0.5) is 0 Å². The predicted octanol–water partition coefficient (Wildman–Crippen LogP) is 4.56. The monoisotopic (exact) mass is 263 g/mol. The Balaban J connectivity index is 2.01. The largest absolute Gasteiger partial charge is 0.489 e. The average molecular weight is 264 g/mol. The third-order valence-corrected chi connectivity index (χ3v) is 3.94. The number of hydrogen-bond donors (Lipinski definition) is 0. The van der Waals surface area contributed by atoms with Crippen molar-refractivity contribution in [1.82, 2.24) is 0 Å². The van der Waals surface area contributed by atoms with Crippen molar-refractivity contribution in [2.45, 2.75) is 45.6 Å². The van der Waals surface area contributed by atoms with Crippen LogP contribution in [-0.2, 0) is 0 Å². The van der Waals surface area contributed by atoms with Crippen LogP contribution in [-0.4, -0.2) is 6.10 Å². The van der Waals surface area contributed by atoms with Crippen molar-refractivity contribution in [2.75, 3.05) is 0 Å². The molecule has 0 heterocycles. The van der Waals surface area contributed by atoms with Gasteiger partial charge in [-0.15, -0.1) is 0 Å². The minimum atomic E-state index is 0.253. The summed E-state index contributed by atoms with van der Waals surface area (Å²) in [5.41, 5.74) is 1.01.